The van der Waals surface area contributed by atoms with Gasteiger partial charge >= 0.3 is 6.09 Å². The van der Waals surface area contributed by atoms with Crippen molar-refractivity contribution >= 4 is 22.7 Å². The van der Waals surface area contributed by atoms with Gasteiger partial charge in [-0.3, -0.25) is 4.79 Å². The second-order valence-electron chi connectivity index (χ2n) is 5.02. The molecule has 1 aromatic heterocycles. The first-order valence-corrected chi connectivity index (χ1v) is 6.57. The monoisotopic (exact) mass is 287 g/mol. The van der Waals surface area contributed by atoms with E-state index in [1.165, 1.54) is 6.07 Å². The summed E-state index contributed by atoms with van der Waals surface area (Å²) in [7, 11) is 0. The van der Waals surface area contributed by atoms with Crippen molar-refractivity contribution in [2.75, 3.05) is 6.54 Å². The van der Waals surface area contributed by atoms with Crippen molar-refractivity contribution in [1.82, 2.24) is 4.57 Å². The Bertz CT molecular complexity index is 764. The van der Waals surface area contributed by atoms with Crippen LogP contribution in [-0.4, -0.2) is 28.0 Å². The van der Waals surface area contributed by atoms with Crippen LogP contribution in [0.1, 0.15) is 24.8 Å². The lowest BCUT2D eigenvalue weighted by molar-refractivity contribution is 0.196. The summed E-state index contributed by atoms with van der Waals surface area (Å²) in [6.45, 7) is 2.06. The van der Waals surface area contributed by atoms with E-state index in [9.17, 15) is 14.7 Å². The normalized spacial score (nSPS) is 12.3. The zero-order valence-electron chi connectivity index (χ0n) is 11.7. The average Bonchev–Trinajstić information content (AvgIpc) is 2.43. The van der Waals surface area contributed by atoms with Gasteiger partial charge in [0, 0.05) is 17.7 Å². The molecule has 0 aliphatic rings. The third-order valence-electron chi connectivity index (χ3n) is 3.42. The van der Waals surface area contributed by atoms with Crippen molar-refractivity contribution in [3.05, 3.63) is 46.2 Å². The first-order chi connectivity index (χ1) is 9.93. The molecule has 1 aromatic carbocycles. The number of hydrogen-bond acceptors (Lipinski definition) is 4. The summed E-state index contributed by atoms with van der Waals surface area (Å²) in [6.07, 6.45) is -0.804. The van der Waals surface area contributed by atoms with E-state index in [0.717, 1.165) is 10.1 Å². The molecule has 0 amide bonds. The van der Waals surface area contributed by atoms with Crippen molar-refractivity contribution in [2.24, 2.45) is 5.73 Å². The predicted molar refractivity (Wildman–Crippen MR) is 81.4 cm³/mol. The molecule has 0 saturated heterocycles. The van der Waals surface area contributed by atoms with E-state index in [1.807, 2.05) is 6.07 Å². The van der Waals surface area contributed by atoms with Gasteiger partial charge in [-0.05, 0) is 43.0 Å². The second-order valence-corrected chi connectivity index (χ2v) is 5.02. The molecule has 0 saturated carbocycles. The molecule has 0 radical (unpaired) electrons. The van der Waals surface area contributed by atoms with Gasteiger partial charge in [0.15, 0.2) is 0 Å². The average molecular weight is 287 g/mol. The molecule has 6 nitrogen and oxygen atoms in total. The standard InChI is InChI=1S/C15H17N3O3/c1-9(17)6-12(8-16)11-3-2-10-4-5-14(19)18(15(20)21)13(10)7-11/h2-5,7,12,17H,6,8,16H2,1H3,(H,20,21). The molecule has 6 heteroatoms. The van der Waals surface area contributed by atoms with Gasteiger partial charge in [0.1, 0.15) is 0 Å². The number of aromatic nitrogens is 1. The highest BCUT2D eigenvalue weighted by Crippen LogP contribution is 2.23. The highest BCUT2D eigenvalue weighted by Gasteiger charge is 2.14. The summed E-state index contributed by atoms with van der Waals surface area (Å²) in [5.41, 5.74) is 6.84. The number of pyridine rings is 1. The Morgan fingerprint density at radius 3 is 2.62 bits per heavy atom. The van der Waals surface area contributed by atoms with Gasteiger partial charge in [-0.25, -0.2) is 9.36 Å². The summed E-state index contributed by atoms with van der Waals surface area (Å²) >= 11 is 0. The SMILES string of the molecule is CC(=N)CC(CN)c1ccc2ccc(=O)n(C(=O)O)c2c1. The van der Waals surface area contributed by atoms with Crippen molar-refractivity contribution < 1.29 is 9.90 Å². The van der Waals surface area contributed by atoms with Gasteiger partial charge in [0.2, 0.25) is 0 Å². The third kappa shape index (κ3) is 3.00. The van der Waals surface area contributed by atoms with Crippen molar-refractivity contribution in [2.45, 2.75) is 19.3 Å². The summed E-state index contributed by atoms with van der Waals surface area (Å²) < 4.78 is 0.726. The Kier molecular flexibility index (Phi) is 4.18. The zero-order valence-corrected chi connectivity index (χ0v) is 11.7. The van der Waals surface area contributed by atoms with E-state index in [-0.39, 0.29) is 5.92 Å². The molecule has 0 aliphatic heterocycles. The lowest BCUT2D eigenvalue weighted by atomic mass is 9.93. The van der Waals surface area contributed by atoms with E-state index in [2.05, 4.69) is 0 Å². The van der Waals surface area contributed by atoms with Crippen LogP contribution in [0.2, 0.25) is 0 Å². The molecule has 1 unspecified atom stereocenters. The van der Waals surface area contributed by atoms with E-state index in [1.54, 1.807) is 25.1 Å². The molecule has 0 spiro atoms. The second kappa shape index (κ2) is 5.88. The van der Waals surface area contributed by atoms with E-state index < -0.39 is 11.7 Å². The molecule has 2 aromatic rings. The van der Waals surface area contributed by atoms with Crippen LogP contribution in [-0.2, 0) is 0 Å². The van der Waals surface area contributed by atoms with Crippen LogP contribution in [0.15, 0.2) is 35.1 Å². The minimum absolute atomic E-state index is 0.0653. The van der Waals surface area contributed by atoms with Crippen LogP contribution in [0.25, 0.3) is 10.9 Å². The minimum atomic E-state index is -1.31. The molecule has 0 aliphatic carbocycles. The number of carboxylic acid groups (broad SMARTS) is 1. The van der Waals surface area contributed by atoms with Gasteiger partial charge in [0.25, 0.3) is 5.56 Å². The van der Waals surface area contributed by atoms with Gasteiger partial charge in [0.05, 0.1) is 5.52 Å². The molecule has 0 bridgehead atoms. The van der Waals surface area contributed by atoms with Gasteiger partial charge < -0.3 is 16.2 Å². The molecule has 1 atom stereocenters. The maximum absolute atomic E-state index is 11.7. The summed E-state index contributed by atoms with van der Waals surface area (Å²) in [6, 6.07) is 8.13. The smallest absolute Gasteiger partial charge is 0.419 e. The highest BCUT2D eigenvalue weighted by atomic mass is 16.4. The molecular weight excluding hydrogens is 270 g/mol. The van der Waals surface area contributed by atoms with E-state index >= 15 is 0 Å². The largest absolute Gasteiger partial charge is 0.464 e. The van der Waals surface area contributed by atoms with Gasteiger partial charge in [-0.1, -0.05) is 12.1 Å². The van der Waals surface area contributed by atoms with Crippen molar-refractivity contribution in [3.63, 3.8) is 0 Å². The van der Waals surface area contributed by atoms with Crippen molar-refractivity contribution in [3.8, 4) is 0 Å². The molecule has 0 fully saturated rings. The summed E-state index contributed by atoms with van der Waals surface area (Å²) in [4.78, 5) is 23.0. The van der Waals surface area contributed by atoms with Crippen LogP contribution < -0.4 is 11.3 Å². The molecule has 110 valence electrons. The first kappa shape index (κ1) is 14.9. The Labute approximate surface area is 121 Å². The van der Waals surface area contributed by atoms with Crippen LogP contribution in [0.3, 0.4) is 0 Å². The summed E-state index contributed by atoms with van der Waals surface area (Å²) in [5, 5.41) is 17.4. The molecule has 4 N–H and O–H groups in total. The van der Waals surface area contributed by atoms with E-state index in [4.69, 9.17) is 11.1 Å². The van der Waals surface area contributed by atoms with Crippen LogP contribution in [0.5, 0.6) is 0 Å². The highest BCUT2D eigenvalue weighted by molar-refractivity contribution is 5.88. The molecule has 21 heavy (non-hydrogen) atoms. The Hall–Kier alpha value is -2.47. The summed E-state index contributed by atoms with van der Waals surface area (Å²) in [5.74, 6) is -0.0653. The zero-order chi connectivity index (χ0) is 15.6. The number of nitrogens with zero attached hydrogens (tertiary/aromatic N) is 1. The fourth-order valence-electron chi connectivity index (χ4n) is 2.41. The lowest BCUT2D eigenvalue weighted by Gasteiger charge is -2.16. The maximum atomic E-state index is 11.7. The Balaban J connectivity index is 2.64. The number of carbonyl (C=O) groups is 1. The molecule has 2 rings (SSSR count). The van der Waals surface area contributed by atoms with Crippen LogP contribution in [0.4, 0.5) is 4.79 Å². The fourth-order valence-corrected chi connectivity index (χ4v) is 2.41. The van der Waals surface area contributed by atoms with Gasteiger partial charge in [-0.2, -0.15) is 0 Å². The number of nitrogens with one attached hydrogen (secondary N) is 1. The molecular formula is C15H17N3O3. The number of fused-ring (bicyclic) bond motifs is 1. The molecule has 1 heterocycles. The Morgan fingerprint density at radius 1 is 1.38 bits per heavy atom. The van der Waals surface area contributed by atoms with Gasteiger partial charge in [-0.15, -0.1) is 0 Å². The Morgan fingerprint density at radius 2 is 2.05 bits per heavy atom. The number of hydrogen-bond donors (Lipinski definition) is 3. The number of rotatable bonds is 4. The first-order valence-electron chi connectivity index (χ1n) is 6.57. The fraction of sp³-hybridized carbons (Fsp3) is 0.267. The third-order valence-corrected chi connectivity index (χ3v) is 3.42. The number of nitrogens with two attached hydrogens (primary N) is 1. The predicted octanol–water partition coefficient (Wildman–Crippen LogP) is 2.00. The lowest BCUT2D eigenvalue weighted by Crippen LogP contribution is -2.25. The maximum Gasteiger partial charge on any atom is 0.419 e. The van der Waals surface area contributed by atoms with E-state index in [0.29, 0.717) is 29.6 Å². The van der Waals surface area contributed by atoms with Crippen LogP contribution >= 0.6 is 0 Å². The van der Waals surface area contributed by atoms with Crippen LogP contribution in [0, 0.1) is 5.41 Å². The minimum Gasteiger partial charge on any atom is -0.464 e. The topological polar surface area (TPSA) is 109 Å². The number of benzene rings is 1. The van der Waals surface area contributed by atoms with Crippen molar-refractivity contribution in [1.29, 1.82) is 5.41 Å². The quantitative estimate of drug-likeness (QED) is 0.747.